The second kappa shape index (κ2) is 7.87. The second-order valence-electron chi connectivity index (χ2n) is 5.50. The summed E-state index contributed by atoms with van der Waals surface area (Å²) in [5.41, 5.74) is 0.790. The summed E-state index contributed by atoms with van der Waals surface area (Å²) in [5.74, 6) is 0.214. The Hall–Kier alpha value is -0.980. The highest BCUT2D eigenvalue weighted by Gasteiger charge is 2.23. The lowest BCUT2D eigenvalue weighted by Gasteiger charge is -2.25. The van der Waals surface area contributed by atoms with Crippen molar-refractivity contribution >= 4 is 10.0 Å². The van der Waals surface area contributed by atoms with Crippen molar-refractivity contribution in [1.29, 1.82) is 0 Å². The molecule has 1 unspecified atom stereocenters. The molecule has 1 aromatic rings. The zero-order valence-electron chi connectivity index (χ0n) is 12.7. The molecule has 6 heteroatoms. The molecule has 21 heavy (non-hydrogen) atoms. The number of aromatic nitrogens is 1. The topological polar surface area (TPSA) is 62.3 Å². The first-order valence-corrected chi connectivity index (χ1v) is 9.34. The zero-order chi connectivity index (χ0) is 15.1. The average molecular weight is 311 g/mol. The molecule has 2 heterocycles. The highest BCUT2D eigenvalue weighted by Crippen LogP contribution is 2.14. The van der Waals surface area contributed by atoms with Crippen molar-refractivity contribution in [2.75, 3.05) is 18.8 Å². The monoisotopic (exact) mass is 311 g/mol. The predicted octanol–water partition coefficient (Wildman–Crippen LogP) is 1.77. The number of pyridine rings is 1. The Morgan fingerprint density at radius 1 is 1.38 bits per heavy atom. The van der Waals surface area contributed by atoms with Crippen molar-refractivity contribution < 1.29 is 8.42 Å². The van der Waals surface area contributed by atoms with E-state index in [1.807, 2.05) is 25.1 Å². The standard InChI is InChI=1S/C15H25N3O2S/c1-2-18(13-15-8-4-6-11-17-15)21(19,20)12-9-14-7-3-5-10-16-14/h4,6,8,11,14,16H,2-3,5,7,9-10,12-13H2,1H3. The Kier molecular flexibility index (Phi) is 6.14. The molecule has 0 aliphatic carbocycles. The van der Waals surface area contributed by atoms with E-state index in [-0.39, 0.29) is 5.75 Å². The Balaban J connectivity index is 1.92. The van der Waals surface area contributed by atoms with Gasteiger partial charge in [-0.25, -0.2) is 8.42 Å². The van der Waals surface area contributed by atoms with Gasteiger partial charge in [-0.15, -0.1) is 0 Å². The summed E-state index contributed by atoms with van der Waals surface area (Å²) < 4.78 is 26.5. The number of nitrogens with zero attached hydrogens (tertiary/aromatic N) is 2. The van der Waals surface area contributed by atoms with Crippen LogP contribution in [0.1, 0.15) is 38.3 Å². The van der Waals surface area contributed by atoms with Crippen LogP contribution in [0.3, 0.4) is 0 Å². The van der Waals surface area contributed by atoms with Crippen molar-refractivity contribution in [2.24, 2.45) is 0 Å². The van der Waals surface area contributed by atoms with Gasteiger partial charge in [-0.3, -0.25) is 4.98 Å². The van der Waals surface area contributed by atoms with Crippen molar-refractivity contribution in [3.05, 3.63) is 30.1 Å². The molecule has 0 radical (unpaired) electrons. The predicted molar refractivity (Wildman–Crippen MR) is 84.4 cm³/mol. The first-order chi connectivity index (χ1) is 10.1. The van der Waals surface area contributed by atoms with Gasteiger partial charge in [0.15, 0.2) is 0 Å². The molecule has 0 spiro atoms. The van der Waals surface area contributed by atoms with Crippen molar-refractivity contribution in [1.82, 2.24) is 14.6 Å². The van der Waals surface area contributed by atoms with Crippen LogP contribution in [0, 0.1) is 0 Å². The quantitative estimate of drug-likeness (QED) is 0.833. The van der Waals surface area contributed by atoms with E-state index in [0.717, 1.165) is 18.7 Å². The molecule has 1 aliphatic rings. The number of rotatable bonds is 7. The number of nitrogens with one attached hydrogen (secondary N) is 1. The number of sulfonamides is 1. The zero-order valence-corrected chi connectivity index (χ0v) is 13.5. The number of hydrogen-bond acceptors (Lipinski definition) is 4. The van der Waals surface area contributed by atoms with Gasteiger partial charge in [-0.1, -0.05) is 19.4 Å². The van der Waals surface area contributed by atoms with Crippen LogP contribution in [0.15, 0.2) is 24.4 Å². The SMILES string of the molecule is CCN(Cc1ccccn1)S(=O)(=O)CCC1CCCCN1. The van der Waals surface area contributed by atoms with E-state index in [2.05, 4.69) is 10.3 Å². The Labute approximate surface area is 127 Å². The third-order valence-electron chi connectivity index (χ3n) is 3.95. The summed E-state index contributed by atoms with van der Waals surface area (Å²) in [6, 6.07) is 5.93. The van der Waals surface area contributed by atoms with Crippen molar-refractivity contribution in [2.45, 2.75) is 45.2 Å². The van der Waals surface area contributed by atoms with E-state index in [1.54, 1.807) is 6.20 Å². The summed E-state index contributed by atoms with van der Waals surface area (Å²) >= 11 is 0. The molecular formula is C15H25N3O2S. The molecule has 1 fully saturated rings. The van der Waals surface area contributed by atoms with Crippen LogP contribution in [-0.4, -0.2) is 42.6 Å². The van der Waals surface area contributed by atoms with Crippen LogP contribution in [0.4, 0.5) is 0 Å². The maximum atomic E-state index is 12.5. The lowest BCUT2D eigenvalue weighted by molar-refractivity contribution is 0.382. The van der Waals surface area contributed by atoms with E-state index >= 15 is 0 Å². The highest BCUT2D eigenvalue weighted by atomic mass is 32.2. The minimum absolute atomic E-state index is 0.214. The highest BCUT2D eigenvalue weighted by molar-refractivity contribution is 7.89. The summed E-state index contributed by atoms with van der Waals surface area (Å²) in [5, 5.41) is 3.40. The maximum absolute atomic E-state index is 12.5. The molecule has 0 aromatic carbocycles. The number of hydrogen-bond donors (Lipinski definition) is 1. The molecule has 1 N–H and O–H groups in total. The van der Waals surface area contributed by atoms with Crippen LogP contribution in [0.2, 0.25) is 0 Å². The maximum Gasteiger partial charge on any atom is 0.214 e. The molecule has 1 aromatic heterocycles. The fraction of sp³-hybridized carbons (Fsp3) is 0.667. The first-order valence-electron chi connectivity index (χ1n) is 7.73. The molecule has 118 valence electrons. The fourth-order valence-electron chi connectivity index (χ4n) is 2.67. The van der Waals surface area contributed by atoms with E-state index < -0.39 is 10.0 Å². The van der Waals surface area contributed by atoms with Gasteiger partial charge >= 0.3 is 0 Å². The van der Waals surface area contributed by atoms with Gasteiger partial charge in [0.2, 0.25) is 10.0 Å². The first kappa shape index (κ1) is 16.4. The van der Waals surface area contributed by atoms with Gasteiger partial charge in [-0.2, -0.15) is 4.31 Å². The van der Waals surface area contributed by atoms with Crippen LogP contribution >= 0.6 is 0 Å². The molecule has 1 atom stereocenters. The Bertz CT molecular complexity index is 513. The second-order valence-corrected chi connectivity index (χ2v) is 7.59. The molecule has 5 nitrogen and oxygen atoms in total. The molecule has 0 bridgehead atoms. The smallest absolute Gasteiger partial charge is 0.214 e. The number of piperidine rings is 1. The Morgan fingerprint density at radius 3 is 2.86 bits per heavy atom. The van der Waals surface area contributed by atoms with Crippen molar-refractivity contribution in [3.8, 4) is 0 Å². The largest absolute Gasteiger partial charge is 0.314 e. The van der Waals surface area contributed by atoms with Gasteiger partial charge in [0.05, 0.1) is 18.0 Å². The minimum Gasteiger partial charge on any atom is -0.314 e. The summed E-state index contributed by atoms with van der Waals surface area (Å²) in [4.78, 5) is 4.21. The summed E-state index contributed by atoms with van der Waals surface area (Å²) in [6.45, 7) is 3.73. The van der Waals surface area contributed by atoms with Crippen LogP contribution in [-0.2, 0) is 16.6 Å². The third-order valence-corrected chi connectivity index (χ3v) is 5.87. The van der Waals surface area contributed by atoms with Crippen LogP contribution in [0.5, 0.6) is 0 Å². The van der Waals surface area contributed by atoms with E-state index in [4.69, 9.17) is 0 Å². The molecule has 1 aliphatic heterocycles. The molecule has 1 saturated heterocycles. The molecule has 0 amide bonds. The van der Waals surface area contributed by atoms with Gasteiger partial charge in [0, 0.05) is 18.8 Å². The summed E-state index contributed by atoms with van der Waals surface area (Å²) in [7, 11) is -3.22. The van der Waals surface area contributed by atoms with Crippen LogP contribution < -0.4 is 5.32 Å². The van der Waals surface area contributed by atoms with Crippen molar-refractivity contribution in [3.63, 3.8) is 0 Å². The summed E-state index contributed by atoms with van der Waals surface area (Å²) in [6.07, 6.45) is 5.87. The van der Waals surface area contributed by atoms with Crippen LogP contribution in [0.25, 0.3) is 0 Å². The lowest BCUT2D eigenvalue weighted by Crippen LogP contribution is -2.38. The van der Waals surface area contributed by atoms with E-state index in [9.17, 15) is 8.42 Å². The molecule has 2 rings (SSSR count). The third kappa shape index (κ3) is 5.05. The molecule has 0 saturated carbocycles. The minimum atomic E-state index is -3.22. The Morgan fingerprint density at radius 2 is 2.24 bits per heavy atom. The lowest BCUT2D eigenvalue weighted by atomic mass is 10.0. The van der Waals surface area contributed by atoms with E-state index in [1.165, 1.54) is 17.1 Å². The molecular weight excluding hydrogens is 286 g/mol. The van der Waals surface area contributed by atoms with Gasteiger partial charge < -0.3 is 5.32 Å². The van der Waals surface area contributed by atoms with Gasteiger partial charge in [0.1, 0.15) is 0 Å². The fourth-order valence-corrected chi connectivity index (χ4v) is 4.23. The van der Waals surface area contributed by atoms with E-state index in [0.29, 0.717) is 25.6 Å². The van der Waals surface area contributed by atoms with Gasteiger partial charge in [0.25, 0.3) is 0 Å². The average Bonchev–Trinajstić information content (AvgIpc) is 2.52. The van der Waals surface area contributed by atoms with Gasteiger partial charge in [-0.05, 0) is 37.9 Å². The normalized spacial score (nSPS) is 19.8.